The monoisotopic (exact) mass is 398 g/mol. The van der Waals surface area contributed by atoms with Crippen LogP contribution in [0.4, 0.5) is 0 Å². The van der Waals surface area contributed by atoms with Crippen molar-refractivity contribution < 1.29 is 19.5 Å². The van der Waals surface area contributed by atoms with Crippen LogP contribution in [0.25, 0.3) is 0 Å². The van der Waals surface area contributed by atoms with Crippen LogP contribution in [-0.2, 0) is 22.7 Å². The first-order valence-electron chi connectivity index (χ1n) is 9.71. The number of aromatic nitrogens is 3. The molecule has 1 atom stereocenters. The second kappa shape index (κ2) is 8.14. The molecule has 0 radical (unpaired) electrons. The number of carbonyl (C=O) groups is 3. The topological polar surface area (TPSA) is 105 Å². The van der Waals surface area contributed by atoms with Crippen molar-refractivity contribution in [2.45, 2.75) is 66.1 Å². The number of amides is 1. The van der Waals surface area contributed by atoms with E-state index in [1.165, 1.54) is 4.90 Å². The fraction of sp³-hybridized carbons (Fsp3) is 0.476. The molecule has 1 aliphatic heterocycles. The minimum Gasteiger partial charge on any atom is -0.480 e. The molecule has 2 aromatic rings. The molecule has 2 heterocycles. The Hall–Kier alpha value is -3.03. The molecular formula is C21H26N4O4. The van der Waals surface area contributed by atoms with E-state index < -0.39 is 12.0 Å². The third kappa shape index (κ3) is 4.21. The number of carboxylic acid groups (broad SMARTS) is 1. The van der Waals surface area contributed by atoms with Crippen molar-refractivity contribution in [3.63, 3.8) is 0 Å². The zero-order valence-corrected chi connectivity index (χ0v) is 17.2. The number of benzene rings is 1. The molecule has 0 saturated carbocycles. The molecule has 29 heavy (non-hydrogen) atoms. The fourth-order valence-corrected chi connectivity index (χ4v) is 4.08. The SMILES string of the molecule is Cc1cc(C)c(C(=O)CCCC(=O)N2Cc3nnc(C)n3CC2C(=O)O)c(C)c1. The van der Waals surface area contributed by atoms with Crippen LogP contribution in [0, 0.1) is 27.7 Å². The summed E-state index contributed by atoms with van der Waals surface area (Å²) in [6.45, 7) is 7.83. The van der Waals surface area contributed by atoms with Gasteiger partial charge in [0.15, 0.2) is 11.6 Å². The lowest BCUT2D eigenvalue weighted by Crippen LogP contribution is -2.50. The number of fused-ring (bicyclic) bond motifs is 1. The lowest BCUT2D eigenvalue weighted by atomic mass is 9.94. The minimum atomic E-state index is -1.06. The molecule has 0 aliphatic carbocycles. The lowest BCUT2D eigenvalue weighted by molar-refractivity contribution is -0.152. The summed E-state index contributed by atoms with van der Waals surface area (Å²) >= 11 is 0. The normalized spacial score (nSPS) is 15.9. The summed E-state index contributed by atoms with van der Waals surface area (Å²) in [6.07, 6.45) is 0.739. The summed E-state index contributed by atoms with van der Waals surface area (Å²) in [5.74, 6) is -0.117. The van der Waals surface area contributed by atoms with Crippen molar-refractivity contribution in [1.29, 1.82) is 0 Å². The number of nitrogens with zero attached hydrogens (tertiary/aromatic N) is 4. The van der Waals surface area contributed by atoms with E-state index in [1.807, 2.05) is 32.9 Å². The summed E-state index contributed by atoms with van der Waals surface area (Å²) in [4.78, 5) is 38.4. The summed E-state index contributed by atoms with van der Waals surface area (Å²) in [7, 11) is 0. The van der Waals surface area contributed by atoms with Crippen LogP contribution in [0.5, 0.6) is 0 Å². The number of carbonyl (C=O) groups excluding carboxylic acids is 2. The van der Waals surface area contributed by atoms with E-state index in [9.17, 15) is 19.5 Å². The number of aliphatic carboxylic acids is 1. The molecule has 3 rings (SSSR count). The number of ketones is 1. The Kier molecular flexibility index (Phi) is 5.81. The molecule has 0 bridgehead atoms. The molecule has 1 N–H and O–H groups in total. The van der Waals surface area contributed by atoms with E-state index >= 15 is 0 Å². The Labute approximate surface area is 169 Å². The highest BCUT2D eigenvalue weighted by Gasteiger charge is 2.36. The Morgan fingerprint density at radius 1 is 1.07 bits per heavy atom. The van der Waals surface area contributed by atoms with E-state index in [0.29, 0.717) is 23.6 Å². The number of aryl methyl sites for hydroxylation is 4. The molecule has 1 aromatic carbocycles. The zero-order chi connectivity index (χ0) is 21.3. The zero-order valence-electron chi connectivity index (χ0n) is 17.2. The van der Waals surface area contributed by atoms with Gasteiger partial charge in [0.25, 0.3) is 0 Å². The van der Waals surface area contributed by atoms with Gasteiger partial charge in [0.2, 0.25) is 5.91 Å². The molecule has 1 unspecified atom stereocenters. The van der Waals surface area contributed by atoms with Crippen LogP contribution in [0.1, 0.15) is 58.0 Å². The molecule has 8 heteroatoms. The smallest absolute Gasteiger partial charge is 0.328 e. The van der Waals surface area contributed by atoms with Crippen LogP contribution in [0.3, 0.4) is 0 Å². The van der Waals surface area contributed by atoms with Crippen molar-refractivity contribution >= 4 is 17.7 Å². The van der Waals surface area contributed by atoms with Gasteiger partial charge in [-0.25, -0.2) is 4.79 Å². The summed E-state index contributed by atoms with van der Waals surface area (Å²) in [5, 5.41) is 17.5. The van der Waals surface area contributed by atoms with Crippen LogP contribution < -0.4 is 0 Å². The van der Waals surface area contributed by atoms with Crippen molar-refractivity contribution in [3.05, 3.63) is 46.0 Å². The summed E-state index contributed by atoms with van der Waals surface area (Å²) in [5.41, 5.74) is 3.71. The highest BCUT2D eigenvalue weighted by Crippen LogP contribution is 2.22. The fourth-order valence-electron chi connectivity index (χ4n) is 4.08. The van der Waals surface area contributed by atoms with Gasteiger partial charge in [-0.2, -0.15) is 0 Å². The van der Waals surface area contributed by atoms with Crippen molar-refractivity contribution in [3.8, 4) is 0 Å². The van der Waals surface area contributed by atoms with Gasteiger partial charge >= 0.3 is 5.97 Å². The molecule has 1 aromatic heterocycles. The van der Waals surface area contributed by atoms with Gasteiger partial charge in [-0.1, -0.05) is 17.7 Å². The third-order valence-electron chi connectivity index (χ3n) is 5.41. The first kappa shape index (κ1) is 20.7. The van der Waals surface area contributed by atoms with E-state index in [-0.39, 0.29) is 37.6 Å². The Balaban J connectivity index is 1.64. The number of Topliss-reactive ketones (excluding diaryl/α,β-unsaturated/α-hetero) is 1. The van der Waals surface area contributed by atoms with Crippen molar-refractivity contribution in [1.82, 2.24) is 19.7 Å². The average Bonchev–Trinajstić information content (AvgIpc) is 3.00. The van der Waals surface area contributed by atoms with E-state index in [1.54, 1.807) is 11.5 Å². The average molecular weight is 398 g/mol. The van der Waals surface area contributed by atoms with Crippen LogP contribution >= 0.6 is 0 Å². The molecule has 154 valence electrons. The van der Waals surface area contributed by atoms with Crippen LogP contribution in [-0.4, -0.2) is 48.5 Å². The second-order valence-corrected chi connectivity index (χ2v) is 7.70. The van der Waals surface area contributed by atoms with E-state index in [2.05, 4.69) is 10.2 Å². The maximum absolute atomic E-state index is 12.7. The van der Waals surface area contributed by atoms with E-state index in [0.717, 1.165) is 16.7 Å². The number of hydrogen-bond donors (Lipinski definition) is 1. The highest BCUT2D eigenvalue weighted by molar-refractivity contribution is 5.99. The second-order valence-electron chi connectivity index (χ2n) is 7.70. The maximum atomic E-state index is 12.7. The minimum absolute atomic E-state index is 0.0107. The number of carboxylic acids is 1. The molecule has 8 nitrogen and oxygen atoms in total. The van der Waals surface area contributed by atoms with Gasteiger partial charge in [0.05, 0.1) is 13.1 Å². The Bertz CT molecular complexity index is 956. The molecule has 0 saturated heterocycles. The van der Waals surface area contributed by atoms with Gasteiger partial charge in [-0.15, -0.1) is 10.2 Å². The molecule has 1 aliphatic rings. The van der Waals surface area contributed by atoms with Crippen LogP contribution in [0.2, 0.25) is 0 Å². The Morgan fingerprint density at radius 3 is 2.34 bits per heavy atom. The van der Waals surface area contributed by atoms with Gasteiger partial charge in [0, 0.05) is 18.4 Å². The maximum Gasteiger partial charge on any atom is 0.328 e. The standard InChI is InChI=1S/C21H26N4O4/c1-12-8-13(2)20(14(3)9-12)17(26)6-5-7-19(27)25-11-18-23-22-15(4)24(18)10-16(25)21(28)29/h8-9,16H,5-7,10-11H2,1-4H3,(H,28,29). The van der Waals surface area contributed by atoms with E-state index in [4.69, 9.17) is 0 Å². The number of hydrogen-bond acceptors (Lipinski definition) is 5. The quantitative estimate of drug-likeness (QED) is 0.749. The molecule has 1 amide bonds. The summed E-state index contributed by atoms with van der Waals surface area (Å²) < 4.78 is 1.73. The lowest BCUT2D eigenvalue weighted by Gasteiger charge is -2.33. The predicted molar refractivity (Wildman–Crippen MR) is 106 cm³/mol. The molecule has 0 fully saturated rings. The van der Waals surface area contributed by atoms with Crippen molar-refractivity contribution in [2.24, 2.45) is 0 Å². The highest BCUT2D eigenvalue weighted by atomic mass is 16.4. The number of rotatable bonds is 6. The predicted octanol–water partition coefficient (Wildman–Crippen LogP) is 2.36. The van der Waals surface area contributed by atoms with Gasteiger partial charge in [0.1, 0.15) is 11.9 Å². The molecular weight excluding hydrogens is 372 g/mol. The molecule has 0 spiro atoms. The van der Waals surface area contributed by atoms with Crippen LogP contribution in [0.15, 0.2) is 12.1 Å². The van der Waals surface area contributed by atoms with Crippen molar-refractivity contribution in [2.75, 3.05) is 0 Å². The first-order valence-corrected chi connectivity index (χ1v) is 9.71. The summed E-state index contributed by atoms with van der Waals surface area (Å²) in [6, 6.07) is 3.01. The van der Waals surface area contributed by atoms with Gasteiger partial charge in [-0.3, -0.25) is 9.59 Å². The third-order valence-corrected chi connectivity index (χ3v) is 5.41. The first-order chi connectivity index (χ1) is 13.7. The largest absolute Gasteiger partial charge is 0.480 e. The van der Waals surface area contributed by atoms with Gasteiger partial charge < -0.3 is 14.6 Å². The van der Waals surface area contributed by atoms with Gasteiger partial charge in [-0.05, 0) is 45.2 Å². The Morgan fingerprint density at radius 2 is 1.72 bits per heavy atom.